The topological polar surface area (TPSA) is 76.2 Å². The first kappa shape index (κ1) is 12.1. The summed E-state index contributed by atoms with van der Waals surface area (Å²) < 4.78 is 27.9. The number of alkyl halides is 2. The maximum absolute atomic E-state index is 12.0. The zero-order valence-electron chi connectivity index (χ0n) is 7.49. The molecular weight excluding hydrogens is 246 g/mol. The summed E-state index contributed by atoms with van der Waals surface area (Å²) >= 11 is 5.50. The molecule has 0 aliphatic rings. The summed E-state index contributed by atoms with van der Waals surface area (Å²) in [6.45, 7) is -3.22. The highest BCUT2D eigenvalue weighted by Gasteiger charge is 2.23. The second-order valence-corrected chi connectivity index (χ2v) is 2.93. The largest absolute Gasteiger partial charge is 0.432 e. The Bertz CT molecular complexity index is 473. The van der Waals surface area contributed by atoms with Crippen LogP contribution in [0.15, 0.2) is 12.1 Å². The van der Waals surface area contributed by atoms with Crippen molar-refractivity contribution in [1.82, 2.24) is 0 Å². The summed E-state index contributed by atoms with van der Waals surface area (Å²) in [5, 5.41) is 18.9. The van der Waals surface area contributed by atoms with E-state index >= 15 is 0 Å². The molecule has 0 radical (unpaired) electrons. The van der Waals surface area contributed by atoms with Crippen LogP contribution in [0.1, 0.15) is 5.56 Å². The van der Waals surface area contributed by atoms with Gasteiger partial charge in [-0.3, -0.25) is 10.1 Å². The van der Waals surface area contributed by atoms with E-state index in [1.807, 2.05) is 0 Å². The molecule has 0 aliphatic heterocycles. The molecule has 0 saturated carbocycles. The fraction of sp³-hybridized carbons (Fsp3) is 0.125. The summed E-state index contributed by atoms with van der Waals surface area (Å²) in [5.41, 5.74) is -1.26. The Balaban J connectivity index is 3.40. The van der Waals surface area contributed by atoms with Crippen LogP contribution in [-0.4, -0.2) is 11.5 Å². The lowest BCUT2D eigenvalue weighted by molar-refractivity contribution is -0.385. The van der Waals surface area contributed by atoms with E-state index in [4.69, 9.17) is 16.9 Å². The first-order valence-electron chi connectivity index (χ1n) is 3.79. The van der Waals surface area contributed by atoms with Gasteiger partial charge in [0.15, 0.2) is 11.3 Å². The van der Waals surface area contributed by atoms with Crippen molar-refractivity contribution in [2.75, 3.05) is 0 Å². The molecule has 0 heterocycles. The van der Waals surface area contributed by atoms with Crippen molar-refractivity contribution in [2.24, 2.45) is 0 Å². The second kappa shape index (κ2) is 4.72. The third kappa shape index (κ3) is 2.35. The van der Waals surface area contributed by atoms with Crippen LogP contribution < -0.4 is 4.74 Å². The molecule has 0 saturated heterocycles. The summed E-state index contributed by atoms with van der Waals surface area (Å²) in [4.78, 5) is 9.62. The van der Waals surface area contributed by atoms with Crippen LogP contribution >= 0.6 is 11.6 Å². The molecule has 5 nitrogen and oxygen atoms in total. The molecule has 84 valence electrons. The number of hydrogen-bond acceptors (Lipinski definition) is 4. The number of nitro groups is 1. The van der Waals surface area contributed by atoms with Crippen molar-refractivity contribution < 1.29 is 18.4 Å². The predicted molar refractivity (Wildman–Crippen MR) is 49.5 cm³/mol. The van der Waals surface area contributed by atoms with Gasteiger partial charge in [0.1, 0.15) is 6.07 Å². The molecule has 1 aromatic carbocycles. The smallest absolute Gasteiger partial charge is 0.387 e. The summed E-state index contributed by atoms with van der Waals surface area (Å²) in [6.07, 6.45) is 0. The van der Waals surface area contributed by atoms with Crippen LogP contribution in [0.2, 0.25) is 5.02 Å². The fourth-order valence-electron chi connectivity index (χ4n) is 1.01. The molecule has 0 aromatic heterocycles. The maximum Gasteiger partial charge on any atom is 0.387 e. The van der Waals surface area contributed by atoms with Crippen molar-refractivity contribution in [3.8, 4) is 11.8 Å². The van der Waals surface area contributed by atoms with Gasteiger partial charge in [0.25, 0.3) is 5.69 Å². The molecular formula is C8H3ClF2N2O3. The average Bonchev–Trinajstić information content (AvgIpc) is 2.19. The summed E-state index contributed by atoms with van der Waals surface area (Å²) in [7, 11) is 0. The minimum Gasteiger partial charge on any atom is -0.432 e. The SMILES string of the molecule is N#Cc1c([N+](=O)[O-])ccc(Cl)c1OC(F)F. The van der Waals surface area contributed by atoms with Gasteiger partial charge >= 0.3 is 6.61 Å². The van der Waals surface area contributed by atoms with E-state index in [2.05, 4.69) is 4.74 Å². The normalized spacial score (nSPS) is 9.94. The molecule has 0 spiro atoms. The van der Waals surface area contributed by atoms with Crippen molar-refractivity contribution in [1.29, 1.82) is 5.26 Å². The van der Waals surface area contributed by atoms with E-state index in [1.165, 1.54) is 6.07 Å². The Morgan fingerprint density at radius 2 is 2.19 bits per heavy atom. The molecule has 1 aromatic rings. The number of ether oxygens (including phenoxy) is 1. The summed E-state index contributed by atoms with van der Waals surface area (Å²) in [5.74, 6) is -0.687. The van der Waals surface area contributed by atoms with E-state index in [9.17, 15) is 18.9 Å². The molecule has 0 aliphatic carbocycles. The van der Waals surface area contributed by atoms with Crippen LogP contribution in [0.5, 0.6) is 5.75 Å². The molecule has 0 amide bonds. The van der Waals surface area contributed by atoms with Gasteiger partial charge in [0.2, 0.25) is 0 Å². The number of rotatable bonds is 3. The number of nitro benzene ring substituents is 1. The van der Waals surface area contributed by atoms with E-state index in [-0.39, 0.29) is 5.02 Å². The lowest BCUT2D eigenvalue weighted by Crippen LogP contribution is -2.05. The zero-order chi connectivity index (χ0) is 12.3. The highest BCUT2D eigenvalue weighted by atomic mass is 35.5. The Hall–Kier alpha value is -1.94. The van der Waals surface area contributed by atoms with Gasteiger partial charge < -0.3 is 4.74 Å². The Morgan fingerprint density at radius 1 is 1.56 bits per heavy atom. The van der Waals surface area contributed by atoms with Crippen LogP contribution in [0.25, 0.3) is 0 Å². The highest BCUT2D eigenvalue weighted by Crippen LogP contribution is 2.35. The molecule has 8 heteroatoms. The molecule has 16 heavy (non-hydrogen) atoms. The zero-order valence-corrected chi connectivity index (χ0v) is 8.24. The van der Waals surface area contributed by atoms with E-state index in [0.717, 1.165) is 12.1 Å². The van der Waals surface area contributed by atoms with Crippen molar-refractivity contribution >= 4 is 17.3 Å². The van der Waals surface area contributed by atoms with Gasteiger partial charge in [-0.2, -0.15) is 14.0 Å². The van der Waals surface area contributed by atoms with Crippen molar-refractivity contribution in [3.63, 3.8) is 0 Å². The lowest BCUT2D eigenvalue weighted by atomic mass is 10.2. The van der Waals surface area contributed by atoms with Crippen LogP contribution in [0.4, 0.5) is 14.5 Å². The van der Waals surface area contributed by atoms with Crippen molar-refractivity contribution in [2.45, 2.75) is 6.61 Å². The molecule has 0 bridgehead atoms. The number of nitriles is 1. The molecule has 1 rings (SSSR count). The minimum absolute atomic E-state index is 0.289. The Morgan fingerprint density at radius 3 is 2.62 bits per heavy atom. The Kier molecular flexibility index (Phi) is 3.58. The highest BCUT2D eigenvalue weighted by molar-refractivity contribution is 6.32. The fourth-order valence-corrected chi connectivity index (χ4v) is 1.21. The lowest BCUT2D eigenvalue weighted by Gasteiger charge is -2.07. The van der Waals surface area contributed by atoms with E-state index in [1.54, 1.807) is 0 Å². The standard InChI is InChI=1S/C8H3ClF2N2O3/c9-5-1-2-6(13(14)15)4(3-12)7(5)16-8(10)11/h1-2,8H. The summed E-state index contributed by atoms with van der Waals surface area (Å²) in [6, 6.07) is 3.36. The van der Waals surface area contributed by atoms with Gasteiger partial charge in [-0.05, 0) is 6.07 Å². The third-order valence-electron chi connectivity index (χ3n) is 1.60. The molecule has 0 N–H and O–H groups in total. The second-order valence-electron chi connectivity index (χ2n) is 2.52. The van der Waals surface area contributed by atoms with E-state index < -0.39 is 28.5 Å². The quantitative estimate of drug-likeness (QED) is 0.609. The van der Waals surface area contributed by atoms with Gasteiger partial charge in [-0.1, -0.05) is 11.6 Å². The first-order chi connectivity index (χ1) is 7.47. The van der Waals surface area contributed by atoms with Crippen molar-refractivity contribution in [3.05, 3.63) is 32.8 Å². The maximum atomic E-state index is 12.0. The number of benzene rings is 1. The number of halogens is 3. The van der Waals surface area contributed by atoms with Gasteiger partial charge in [0.05, 0.1) is 9.95 Å². The Labute approximate surface area is 93.0 Å². The monoisotopic (exact) mass is 248 g/mol. The molecule has 0 atom stereocenters. The third-order valence-corrected chi connectivity index (χ3v) is 1.90. The first-order valence-corrected chi connectivity index (χ1v) is 4.17. The number of nitrogens with zero attached hydrogens (tertiary/aromatic N) is 2. The van der Waals surface area contributed by atoms with E-state index in [0.29, 0.717) is 0 Å². The van der Waals surface area contributed by atoms with Gasteiger partial charge in [-0.25, -0.2) is 0 Å². The van der Waals surface area contributed by atoms with Crippen LogP contribution in [0, 0.1) is 21.4 Å². The van der Waals surface area contributed by atoms with Crippen LogP contribution in [0.3, 0.4) is 0 Å². The predicted octanol–water partition coefficient (Wildman–Crippen LogP) is 2.72. The minimum atomic E-state index is -3.22. The number of hydrogen-bond donors (Lipinski definition) is 0. The van der Waals surface area contributed by atoms with Gasteiger partial charge in [0, 0.05) is 6.07 Å². The molecule has 0 fully saturated rings. The van der Waals surface area contributed by atoms with Gasteiger partial charge in [-0.15, -0.1) is 0 Å². The molecule has 0 unspecified atom stereocenters. The van der Waals surface area contributed by atoms with Crippen LogP contribution in [-0.2, 0) is 0 Å². The average molecular weight is 249 g/mol.